The molecule has 0 bridgehead atoms. The molecule has 222 valence electrons. The number of carbonyl (C=O) groups excluding carboxylic acids is 1. The first kappa shape index (κ1) is 29.9. The standard InChI is InChI=1S/C31H34Cl2FN5O3/c1-31(2,3)42-30(41)38-12-5-6-19(18-38)11-13-39-25(27-22(32)7-4-8-23(27)33)15-21-17-36-29(37-28(21)39)35-16-20-9-10-26(40)24(34)14-20/h4,7-10,14-15,17,19,40H,5-6,11-13,16,18H2,1-3H3,(H,35,36,37)/t19-/m0/s1. The number of carbonyl (C=O) groups is 1. The third-order valence-corrected chi connectivity index (χ3v) is 7.88. The number of nitrogens with one attached hydrogen (secondary N) is 1. The zero-order valence-corrected chi connectivity index (χ0v) is 25.3. The number of aromatic hydroxyl groups is 1. The molecule has 4 aromatic rings. The molecule has 0 spiro atoms. The number of ether oxygens (including phenoxy) is 1. The molecule has 2 N–H and O–H groups in total. The van der Waals surface area contributed by atoms with Gasteiger partial charge in [-0.3, -0.25) is 0 Å². The van der Waals surface area contributed by atoms with Gasteiger partial charge in [-0.1, -0.05) is 35.3 Å². The second-order valence-electron chi connectivity index (χ2n) is 11.6. The Labute approximate surface area is 254 Å². The van der Waals surface area contributed by atoms with E-state index in [1.54, 1.807) is 29.3 Å². The lowest BCUT2D eigenvalue weighted by Gasteiger charge is -2.34. The Morgan fingerprint density at radius 1 is 1.19 bits per heavy atom. The predicted molar refractivity (Wildman–Crippen MR) is 164 cm³/mol. The molecule has 0 saturated carbocycles. The van der Waals surface area contributed by atoms with Gasteiger partial charge in [0.05, 0.1) is 15.7 Å². The number of hydrogen-bond acceptors (Lipinski definition) is 6. The monoisotopic (exact) mass is 613 g/mol. The topological polar surface area (TPSA) is 92.5 Å². The minimum atomic E-state index is -0.686. The van der Waals surface area contributed by atoms with Gasteiger partial charge in [0.2, 0.25) is 5.95 Å². The highest BCUT2D eigenvalue weighted by Gasteiger charge is 2.28. The van der Waals surface area contributed by atoms with Crippen molar-refractivity contribution in [1.82, 2.24) is 19.4 Å². The highest BCUT2D eigenvalue weighted by Crippen LogP contribution is 2.38. The number of rotatable bonds is 7. The number of aryl methyl sites for hydroxylation is 1. The zero-order valence-electron chi connectivity index (χ0n) is 23.8. The predicted octanol–water partition coefficient (Wildman–Crippen LogP) is 7.90. The van der Waals surface area contributed by atoms with Gasteiger partial charge in [-0.15, -0.1) is 0 Å². The van der Waals surface area contributed by atoms with Crippen LogP contribution in [0, 0.1) is 11.7 Å². The first-order valence-electron chi connectivity index (χ1n) is 14.0. The molecule has 1 aliphatic heterocycles. The van der Waals surface area contributed by atoms with Gasteiger partial charge in [-0.25, -0.2) is 14.2 Å². The molecule has 1 saturated heterocycles. The van der Waals surface area contributed by atoms with Crippen LogP contribution in [0.4, 0.5) is 15.1 Å². The average Bonchev–Trinajstić information content (AvgIpc) is 3.29. The van der Waals surface area contributed by atoms with Crippen molar-refractivity contribution in [2.45, 2.75) is 58.7 Å². The number of benzene rings is 2. The molecule has 0 radical (unpaired) electrons. The summed E-state index contributed by atoms with van der Waals surface area (Å²) in [5.74, 6) is -0.427. The first-order valence-corrected chi connectivity index (χ1v) is 14.7. The SMILES string of the molecule is CC(C)(C)OC(=O)N1CCC[C@@H](CCn2c(-c3c(Cl)cccc3Cl)cc3cnc(NCc4ccc(O)c(F)c4)nc32)C1. The van der Waals surface area contributed by atoms with Gasteiger partial charge >= 0.3 is 6.09 Å². The zero-order chi connectivity index (χ0) is 30.0. The maximum absolute atomic E-state index is 13.8. The van der Waals surface area contributed by atoms with Crippen molar-refractivity contribution in [3.63, 3.8) is 0 Å². The Morgan fingerprint density at radius 2 is 1.95 bits per heavy atom. The molecule has 42 heavy (non-hydrogen) atoms. The summed E-state index contributed by atoms with van der Waals surface area (Å²) in [6, 6.07) is 11.6. The fourth-order valence-electron chi connectivity index (χ4n) is 5.25. The van der Waals surface area contributed by atoms with E-state index in [-0.39, 0.29) is 18.6 Å². The fraction of sp³-hybridized carbons (Fsp3) is 0.387. The molecule has 1 aliphatic rings. The van der Waals surface area contributed by atoms with Crippen LogP contribution in [0.1, 0.15) is 45.6 Å². The van der Waals surface area contributed by atoms with Crippen LogP contribution in [0.15, 0.2) is 48.7 Å². The van der Waals surface area contributed by atoms with Crippen LogP contribution in [0.2, 0.25) is 10.0 Å². The van der Waals surface area contributed by atoms with Crippen molar-refractivity contribution in [2.75, 3.05) is 18.4 Å². The summed E-state index contributed by atoms with van der Waals surface area (Å²) in [5, 5.41) is 14.5. The van der Waals surface area contributed by atoms with Gasteiger partial charge < -0.3 is 24.6 Å². The molecule has 11 heteroatoms. The molecule has 2 aromatic heterocycles. The van der Waals surface area contributed by atoms with E-state index >= 15 is 0 Å². The van der Waals surface area contributed by atoms with E-state index in [9.17, 15) is 14.3 Å². The molecule has 0 unspecified atom stereocenters. The molecule has 1 fully saturated rings. The molecular weight excluding hydrogens is 580 g/mol. The van der Waals surface area contributed by atoms with Crippen molar-refractivity contribution in [3.05, 3.63) is 70.1 Å². The minimum absolute atomic E-state index is 0.273. The maximum atomic E-state index is 13.8. The van der Waals surface area contributed by atoms with Crippen LogP contribution in [0.25, 0.3) is 22.3 Å². The molecule has 1 atom stereocenters. The Balaban J connectivity index is 1.42. The smallest absolute Gasteiger partial charge is 0.410 e. The van der Waals surface area contributed by atoms with Crippen LogP contribution in [-0.4, -0.2) is 49.3 Å². The normalized spacial score (nSPS) is 15.7. The van der Waals surface area contributed by atoms with E-state index in [1.165, 1.54) is 12.1 Å². The van der Waals surface area contributed by atoms with Gasteiger partial charge in [-0.2, -0.15) is 4.98 Å². The van der Waals surface area contributed by atoms with Gasteiger partial charge in [-0.05, 0) is 81.8 Å². The van der Waals surface area contributed by atoms with E-state index in [2.05, 4.69) is 14.9 Å². The van der Waals surface area contributed by atoms with Crippen molar-refractivity contribution < 1.29 is 19.0 Å². The Morgan fingerprint density at radius 3 is 2.67 bits per heavy atom. The van der Waals surface area contributed by atoms with Crippen molar-refractivity contribution in [3.8, 4) is 17.0 Å². The number of phenols is 1. The van der Waals surface area contributed by atoms with Crippen LogP contribution in [0.5, 0.6) is 5.75 Å². The Hall–Kier alpha value is -3.56. The number of amides is 1. The third-order valence-electron chi connectivity index (χ3n) is 7.25. The van der Waals surface area contributed by atoms with Gasteiger partial charge in [0.1, 0.15) is 11.2 Å². The minimum Gasteiger partial charge on any atom is -0.505 e. The fourth-order valence-corrected chi connectivity index (χ4v) is 5.84. The summed E-state index contributed by atoms with van der Waals surface area (Å²) in [6.07, 6.45) is 4.17. The molecule has 2 aromatic carbocycles. The molecule has 1 amide bonds. The number of halogens is 3. The van der Waals surface area contributed by atoms with Gasteiger partial charge in [0.15, 0.2) is 11.6 Å². The first-order chi connectivity index (χ1) is 20.0. The summed E-state index contributed by atoms with van der Waals surface area (Å²) in [6.45, 7) is 7.82. The molecule has 0 aliphatic carbocycles. The molecule has 5 rings (SSSR count). The van der Waals surface area contributed by atoms with Gasteiger partial charge in [0, 0.05) is 43.3 Å². The summed E-state index contributed by atoms with van der Waals surface area (Å²) < 4.78 is 21.5. The summed E-state index contributed by atoms with van der Waals surface area (Å²) >= 11 is 13.3. The highest BCUT2D eigenvalue weighted by molar-refractivity contribution is 6.39. The van der Waals surface area contributed by atoms with E-state index < -0.39 is 17.2 Å². The van der Waals surface area contributed by atoms with Crippen LogP contribution < -0.4 is 5.32 Å². The number of aromatic nitrogens is 3. The summed E-state index contributed by atoms with van der Waals surface area (Å²) in [7, 11) is 0. The van der Waals surface area contributed by atoms with Gasteiger partial charge in [0.25, 0.3) is 0 Å². The highest BCUT2D eigenvalue weighted by atomic mass is 35.5. The number of likely N-dealkylation sites (tertiary alicyclic amines) is 1. The van der Waals surface area contributed by atoms with E-state index in [0.29, 0.717) is 52.4 Å². The number of phenolic OH excluding ortho intramolecular Hbond substituents is 1. The second-order valence-corrected chi connectivity index (χ2v) is 12.4. The van der Waals surface area contributed by atoms with Crippen molar-refractivity contribution in [2.24, 2.45) is 5.92 Å². The quantitative estimate of drug-likeness (QED) is 0.220. The van der Waals surface area contributed by atoms with E-state index in [1.807, 2.05) is 32.9 Å². The molecule has 3 heterocycles. The lowest BCUT2D eigenvalue weighted by Crippen LogP contribution is -2.43. The van der Waals surface area contributed by atoms with Crippen LogP contribution in [-0.2, 0) is 17.8 Å². The Kier molecular flexibility index (Phi) is 8.80. The largest absolute Gasteiger partial charge is 0.505 e. The van der Waals surface area contributed by atoms with Crippen molar-refractivity contribution in [1.29, 1.82) is 0 Å². The number of anilines is 1. The summed E-state index contributed by atoms with van der Waals surface area (Å²) in [4.78, 5) is 23.8. The van der Waals surface area contributed by atoms with Crippen LogP contribution in [0.3, 0.4) is 0 Å². The van der Waals surface area contributed by atoms with E-state index in [4.69, 9.17) is 32.9 Å². The second kappa shape index (κ2) is 12.4. The number of nitrogens with zero attached hydrogens (tertiary/aromatic N) is 4. The lowest BCUT2D eigenvalue weighted by atomic mass is 9.95. The Bertz CT molecular complexity index is 1580. The third kappa shape index (κ3) is 6.90. The average molecular weight is 615 g/mol. The molecular formula is C31H34Cl2FN5O3. The maximum Gasteiger partial charge on any atom is 0.410 e. The molecule has 8 nitrogen and oxygen atoms in total. The number of hydrogen-bond donors (Lipinski definition) is 2. The van der Waals surface area contributed by atoms with E-state index in [0.717, 1.165) is 30.3 Å². The number of fused-ring (bicyclic) bond motifs is 1. The number of piperidine rings is 1. The lowest BCUT2D eigenvalue weighted by molar-refractivity contribution is 0.0160. The summed E-state index contributed by atoms with van der Waals surface area (Å²) in [5.41, 5.74) is 2.34. The van der Waals surface area contributed by atoms with Crippen molar-refractivity contribution >= 4 is 46.3 Å². The van der Waals surface area contributed by atoms with Crippen LogP contribution >= 0.6 is 23.2 Å².